The molecule has 0 radical (unpaired) electrons. The van der Waals surface area contributed by atoms with Crippen LogP contribution in [0.5, 0.6) is 0 Å². The summed E-state index contributed by atoms with van der Waals surface area (Å²) in [5, 5.41) is 0.589. The number of hydrogen-bond donors (Lipinski definition) is 0. The van der Waals surface area contributed by atoms with E-state index in [2.05, 4.69) is 11.0 Å². The van der Waals surface area contributed by atoms with Gasteiger partial charge in [0.2, 0.25) is 0 Å². The monoisotopic (exact) mass is 332 g/mol. The van der Waals surface area contributed by atoms with Crippen LogP contribution in [0.25, 0.3) is 0 Å². The summed E-state index contributed by atoms with van der Waals surface area (Å²) in [6.45, 7) is 1.45. The number of carbonyl (C=O) groups excluding carboxylic acids is 1. The minimum absolute atomic E-state index is 0.0109. The van der Waals surface area contributed by atoms with E-state index in [1.807, 2.05) is 49.3 Å². The van der Waals surface area contributed by atoms with Gasteiger partial charge < -0.3 is 9.80 Å². The van der Waals surface area contributed by atoms with Crippen LogP contribution < -0.4 is 4.90 Å². The number of nitrogens with zero attached hydrogens (tertiary/aromatic N) is 2. The second-order valence-electron chi connectivity index (χ2n) is 5.47. The highest BCUT2D eigenvalue weighted by atomic mass is 35.5. The topological polar surface area (TPSA) is 23.6 Å². The third-order valence-corrected chi connectivity index (χ3v) is 4.94. The third kappa shape index (κ3) is 3.00. The SMILES string of the molecule is CN(C)CCN1C(=O)c2cc(Cl)ccc2Sc2ccccc21. The Morgan fingerprint density at radius 1 is 1.14 bits per heavy atom. The van der Waals surface area contributed by atoms with Crippen LogP contribution in [-0.4, -0.2) is 38.0 Å². The molecule has 0 saturated carbocycles. The number of carbonyl (C=O) groups is 1. The van der Waals surface area contributed by atoms with E-state index in [1.165, 1.54) is 0 Å². The molecule has 0 atom stereocenters. The molecule has 0 unspecified atom stereocenters. The second-order valence-corrected chi connectivity index (χ2v) is 6.99. The number of anilines is 1. The smallest absolute Gasteiger partial charge is 0.259 e. The lowest BCUT2D eigenvalue weighted by Gasteiger charge is -2.24. The van der Waals surface area contributed by atoms with E-state index in [4.69, 9.17) is 11.6 Å². The highest BCUT2D eigenvalue weighted by Gasteiger charge is 2.27. The number of fused-ring (bicyclic) bond motifs is 2. The Morgan fingerprint density at radius 3 is 2.68 bits per heavy atom. The fourth-order valence-corrected chi connectivity index (χ4v) is 3.65. The highest BCUT2D eigenvalue weighted by molar-refractivity contribution is 7.99. The van der Waals surface area contributed by atoms with Crippen LogP contribution in [0.2, 0.25) is 5.02 Å². The average molecular weight is 333 g/mol. The zero-order chi connectivity index (χ0) is 15.7. The summed E-state index contributed by atoms with van der Waals surface area (Å²) in [5.41, 5.74) is 1.64. The minimum Gasteiger partial charge on any atom is -0.308 e. The zero-order valence-electron chi connectivity index (χ0n) is 12.5. The molecule has 114 valence electrons. The molecule has 1 aliphatic rings. The molecule has 22 heavy (non-hydrogen) atoms. The number of halogens is 1. The van der Waals surface area contributed by atoms with Crippen LogP contribution >= 0.6 is 23.4 Å². The summed E-state index contributed by atoms with van der Waals surface area (Å²) in [6.07, 6.45) is 0. The molecule has 0 aliphatic carbocycles. The first-order valence-corrected chi connectivity index (χ1v) is 8.29. The van der Waals surface area contributed by atoms with Gasteiger partial charge in [0.25, 0.3) is 5.91 Å². The Bertz CT molecular complexity index is 718. The van der Waals surface area contributed by atoms with E-state index in [-0.39, 0.29) is 5.91 Å². The Morgan fingerprint density at radius 2 is 1.91 bits per heavy atom. The fourth-order valence-electron chi connectivity index (χ4n) is 2.42. The molecule has 0 aromatic heterocycles. The van der Waals surface area contributed by atoms with Crippen molar-refractivity contribution in [2.24, 2.45) is 0 Å². The molecular weight excluding hydrogens is 316 g/mol. The van der Waals surface area contributed by atoms with Crippen molar-refractivity contribution in [3.8, 4) is 0 Å². The molecule has 1 heterocycles. The lowest BCUT2D eigenvalue weighted by atomic mass is 10.1. The number of para-hydroxylation sites is 1. The van der Waals surface area contributed by atoms with Gasteiger partial charge in [0.1, 0.15) is 0 Å². The maximum absolute atomic E-state index is 13.0. The van der Waals surface area contributed by atoms with Gasteiger partial charge in [0, 0.05) is 27.9 Å². The fraction of sp³-hybridized carbons (Fsp3) is 0.235. The summed E-state index contributed by atoms with van der Waals surface area (Å²) in [4.78, 5) is 19.0. The van der Waals surface area contributed by atoms with Gasteiger partial charge in [-0.1, -0.05) is 35.5 Å². The molecule has 3 rings (SSSR count). The van der Waals surface area contributed by atoms with Gasteiger partial charge in [-0.15, -0.1) is 0 Å². The highest BCUT2D eigenvalue weighted by Crippen LogP contribution is 2.41. The first-order valence-electron chi connectivity index (χ1n) is 7.09. The van der Waals surface area contributed by atoms with Gasteiger partial charge in [0.05, 0.1) is 11.3 Å². The van der Waals surface area contributed by atoms with Crippen LogP contribution in [0, 0.1) is 0 Å². The van der Waals surface area contributed by atoms with E-state index in [0.717, 1.165) is 22.0 Å². The maximum atomic E-state index is 13.0. The lowest BCUT2D eigenvalue weighted by molar-refractivity contribution is 0.0982. The zero-order valence-corrected chi connectivity index (χ0v) is 14.1. The van der Waals surface area contributed by atoms with Crippen molar-refractivity contribution in [2.45, 2.75) is 9.79 Å². The van der Waals surface area contributed by atoms with Crippen LogP contribution in [0.3, 0.4) is 0 Å². The van der Waals surface area contributed by atoms with Crippen LogP contribution in [-0.2, 0) is 0 Å². The number of hydrogen-bond acceptors (Lipinski definition) is 3. The van der Waals surface area contributed by atoms with Gasteiger partial charge in [-0.05, 0) is 44.4 Å². The van der Waals surface area contributed by atoms with Gasteiger partial charge >= 0.3 is 0 Å². The maximum Gasteiger partial charge on any atom is 0.259 e. The predicted octanol–water partition coefficient (Wildman–Crippen LogP) is 4.01. The third-order valence-electron chi connectivity index (χ3n) is 3.56. The van der Waals surface area contributed by atoms with Gasteiger partial charge in [-0.3, -0.25) is 4.79 Å². The number of rotatable bonds is 3. The summed E-state index contributed by atoms with van der Waals surface area (Å²) in [6, 6.07) is 13.6. The lowest BCUT2D eigenvalue weighted by Crippen LogP contribution is -2.36. The molecule has 0 fully saturated rings. The average Bonchev–Trinajstić information content (AvgIpc) is 2.60. The largest absolute Gasteiger partial charge is 0.308 e. The van der Waals surface area contributed by atoms with Crippen molar-refractivity contribution in [3.63, 3.8) is 0 Å². The molecular formula is C17H17ClN2OS. The first kappa shape index (κ1) is 15.4. The van der Waals surface area contributed by atoms with E-state index >= 15 is 0 Å². The van der Waals surface area contributed by atoms with Crippen LogP contribution in [0.1, 0.15) is 10.4 Å². The molecule has 1 aliphatic heterocycles. The predicted molar refractivity (Wildman–Crippen MR) is 92.2 cm³/mol. The summed E-state index contributed by atoms with van der Waals surface area (Å²) >= 11 is 7.71. The van der Waals surface area contributed by atoms with Crippen molar-refractivity contribution >= 4 is 35.0 Å². The van der Waals surface area contributed by atoms with Crippen LogP contribution in [0.4, 0.5) is 5.69 Å². The van der Waals surface area contributed by atoms with E-state index in [0.29, 0.717) is 17.1 Å². The van der Waals surface area contributed by atoms with Gasteiger partial charge in [-0.25, -0.2) is 0 Å². The first-order chi connectivity index (χ1) is 10.6. The van der Waals surface area contributed by atoms with Crippen molar-refractivity contribution in [3.05, 3.63) is 53.1 Å². The van der Waals surface area contributed by atoms with Crippen molar-refractivity contribution < 1.29 is 4.79 Å². The van der Waals surface area contributed by atoms with Crippen LogP contribution in [0.15, 0.2) is 52.3 Å². The number of benzene rings is 2. The minimum atomic E-state index is 0.0109. The summed E-state index contributed by atoms with van der Waals surface area (Å²) < 4.78 is 0. The van der Waals surface area contributed by atoms with E-state index in [1.54, 1.807) is 17.8 Å². The molecule has 1 amide bonds. The van der Waals surface area contributed by atoms with E-state index in [9.17, 15) is 4.79 Å². The standard InChI is InChI=1S/C17H17ClN2OS/c1-19(2)9-10-20-14-5-3-4-6-16(14)22-15-8-7-12(18)11-13(15)17(20)21/h3-8,11H,9-10H2,1-2H3. The Hall–Kier alpha value is -1.49. The molecule has 0 bridgehead atoms. The molecule has 2 aromatic carbocycles. The molecule has 0 N–H and O–H groups in total. The second kappa shape index (κ2) is 6.32. The molecule has 5 heteroatoms. The van der Waals surface area contributed by atoms with Crippen molar-refractivity contribution in [1.82, 2.24) is 4.90 Å². The van der Waals surface area contributed by atoms with Gasteiger partial charge in [-0.2, -0.15) is 0 Å². The Kier molecular flexibility index (Phi) is 4.43. The van der Waals surface area contributed by atoms with Crippen molar-refractivity contribution in [1.29, 1.82) is 0 Å². The number of likely N-dealkylation sites (N-methyl/N-ethyl adjacent to an activating group) is 1. The Labute approximate surface area is 139 Å². The molecule has 0 spiro atoms. The quantitative estimate of drug-likeness (QED) is 0.848. The summed E-state index contributed by atoms with van der Waals surface area (Å²) in [7, 11) is 4.02. The molecule has 2 aromatic rings. The van der Waals surface area contributed by atoms with E-state index < -0.39 is 0 Å². The van der Waals surface area contributed by atoms with Gasteiger partial charge in [0.15, 0.2) is 0 Å². The molecule has 0 saturated heterocycles. The summed E-state index contributed by atoms with van der Waals surface area (Å²) in [5.74, 6) is 0.0109. The normalized spacial score (nSPS) is 13.8. The van der Waals surface area contributed by atoms with Crippen molar-refractivity contribution in [2.75, 3.05) is 32.1 Å². The Balaban J connectivity index is 2.09. The number of amides is 1. The molecule has 3 nitrogen and oxygen atoms in total.